The Labute approximate surface area is 173 Å². The molecule has 0 amide bonds. The van der Waals surface area contributed by atoms with Crippen molar-refractivity contribution in [1.29, 1.82) is 0 Å². The monoisotopic (exact) mass is 408 g/mol. The third-order valence-corrected chi connectivity index (χ3v) is 6.79. The van der Waals surface area contributed by atoms with Crippen LogP contribution in [0.5, 0.6) is 0 Å². The normalized spacial score (nSPS) is 15.8. The van der Waals surface area contributed by atoms with Gasteiger partial charge in [0.25, 0.3) is 0 Å². The Balaban J connectivity index is 1.37. The van der Waals surface area contributed by atoms with E-state index in [-0.39, 0.29) is 0 Å². The summed E-state index contributed by atoms with van der Waals surface area (Å²) >= 11 is 7.83. The van der Waals surface area contributed by atoms with Crippen molar-refractivity contribution in [3.05, 3.63) is 77.3 Å². The van der Waals surface area contributed by atoms with Gasteiger partial charge < -0.3 is 9.67 Å². The second kappa shape index (κ2) is 7.45. The number of benzene rings is 3. The topological polar surface area (TPSA) is 28.4 Å². The summed E-state index contributed by atoms with van der Waals surface area (Å²) in [4.78, 5) is 1.24. The Kier molecular flexibility index (Phi) is 4.81. The van der Waals surface area contributed by atoms with Gasteiger partial charge in [0.1, 0.15) is 0 Å². The highest BCUT2D eigenvalue weighted by Crippen LogP contribution is 2.34. The summed E-state index contributed by atoms with van der Waals surface area (Å²) in [5.74, 6) is 0. The van der Waals surface area contributed by atoms with E-state index < -0.39 is 6.10 Å². The molecule has 142 valence electrons. The van der Waals surface area contributed by atoms with Crippen LogP contribution in [0.1, 0.15) is 5.56 Å². The van der Waals surface area contributed by atoms with Gasteiger partial charge in [-0.1, -0.05) is 48.0 Å². The van der Waals surface area contributed by atoms with Crippen molar-refractivity contribution >= 4 is 45.4 Å². The molecule has 1 aliphatic heterocycles. The van der Waals surface area contributed by atoms with E-state index in [0.29, 0.717) is 13.1 Å². The maximum Gasteiger partial charge on any atom is 0.0855 e. The third kappa shape index (κ3) is 3.31. The molecule has 28 heavy (non-hydrogen) atoms. The molecule has 0 bridgehead atoms. The molecule has 1 aromatic heterocycles. The van der Waals surface area contributed by atoms with Gasteiger partial charge in [-0.2, -0.15) is 0 Å². The summed E-state index contributed by atoms with van der Waals surface area (Å²) in [7, 11) is 0. The second-order valence-electron chi connectivity index (χ2n) is 7.28. The van der Waals surface area contributed by atoms with E-state index in [4.69, 9.17) is 11.6 Å². The smallest absolute Gasteiger partial charge is 0.0855 e. The predicted molar refractivity (Wildman–Crippen MR) is 118 cm³/mol. The van der Waals surface area contributed by atoms with Crippen molar-refractivity contribution in [2.75, 3.05) is 13.1 Å². The lowest BCUT2D eigenvalue weighted by molar-refractivity contribution is 0.133. The average Bonchev–Trinajstić information content (AvgIpc) is 3.02. The first kappa shape index (κ1) is 18.1. The zero-order valence-electron chi connectivity index (χ0n) is 15.4. The van der Waals surface area contributed by atoms with Gasteiger partial charge in [0.15, 0.2) is 0 Å². The largest absolute Gasteiger partial charge is 0.390 e. The quantitative estimate of drug-likeness (QED) is 0.460. The summed E-state index contributed by atoms with van der Waals surface area (Å²) in [5, 5.41) is 14.2. The van der Waals surface area contributed by atoms with Crippen molar-refractivity contribution in [3.63, 3.8) is 0 Å². The minimum atomic E-state index is -0.444. The number of hydrogen-bond acceptors (Lipinski definition) is 3. The number of nitrogens with zero attached hydrogens (tertiary/aromatic N) is 2. The maximum absolute atomic E-state index is 10.9. The molecule has 1 unspecified atom stereocenters. The molecule has 4 aromatic rings. The fraction of sp³-hybridized carbons (Fsp3) is 0.217. The van der Waals surface area contributed by atoms with E-state index in [0.717, 1.165) is 18.0 Å². The van der Waals surface area contributed by atoms with Gasteiger partial charge in [-0.3, -0.25) is 0 Å². The lowest BCUT2D eigenvalue weighted by Gasteiger charge is -2.29. The van der Waals surface area contributed by atoms with Crippen LogP contribution < -0.4 is 0 Å². The fourth-order valence-corrected chi connectivity index (χ4v) is 5.40. The minimum Gasteiger partial charge on any atom is -0.390 e. The predicted octanol–water partition coefficient (Wildman–Crippen LogP) is 5.37. The van der Waals surface area contributed by atoms with Gasteiger partial charge in [0.05, 0.1) is 12.6 Å². The first-order valence-corrected chi connectivity index (χ1v) is 10.7. The van der Waals surface area contributed by atoms with Gasteiger partial charge in [0.2, 0.25) is 0 Å². The zero-order chi connectivity index (χ0) is 19.1. The van der Waals surface area contributed by atoms with Gasteiger partial charge in [-0.15, -0.1) is 0 Å². The summed E-state index contributed by atoms with van der Waals surface area (Å²) in [6.07, 6.45) is 0.519. The molecule has 1 aliphatic rings. The van der Waals surface area contributed by atoms with E-state index in [1.54, 1.807) is 11.9 Å². The number of halogens is 1. The van der Waals surface area contributed by atoms with Crippen molar-refractivity contribution in [2.45, 2.75) is 24.0 Å². The lowest BCUT2D eigenvalue weighted by atomic mass is 10.1. The molecule has 5 rings (SSSR count). The molecule has 0 saturated heterocycles. The van der Waals surface area contributed by atoms with E-state index >= 15 is 0 Å². The fourth-order valence-electron chi connectivity index (χ4n) is 4.09. The number of para-hydroxylation sites is 2. The van der Waals surface area contributed by atoms with Crippen LogP contribution in [0.25, 0.3) is 21.8 Å². The summed E-state index contributed by atoms with van der Waals surface area (Å²) in [6.45, 7) is 2.13. The minimum absolute atomic E-state index is 0.444. The number of aliphatic hydroxyl groups is 1. The van der Waals surface area contributed by atoms with Crippen LogP contribution in [0.4, 0.5) is 0 Å². The SMILES string of the molecule is OC(CN1CCc2cc(Cl)ccc2S1)Cn1c2ccccc2c2ccccc21. The van der Waals surface area contributed by atoms with E-state index in [1.165, 1.54) is 32.3 Å². The highest BCUT2D eigenvalue weighted by atomic mass is 35.5. The Bertz CT molecular complexity index is 1100. The molecule has 0 radical (unpaired) electrons. The van der Waals surface area contributed by atoms with Gasteiger partial charge in [-0.05, 0) is 54.3 Å². The Morgan fingerprint density at radius 2 is 1.61 bits per heavy atom. The molecule has 1 atom stereocenters. The Morgan fingerprint density at radius 3 is 2.32 bits per heavy atom. The molecule has 5 heteroatoms. The van der Waals surface area contributed by atoms with E-state index in [9.17, 15) is 5.11 Å². The first-order valence-electron chi connectivity index (χ1n) is 9.54. The van der Waals surface area contributed by atoms with Crippen LogP contribution in [-0.4, -0.2) is 33.2 Å². The van der Waals surface area contributed by atoms with Gasteiger partial charge in [0, 0.05) is 44.8 Å². The molecule has 2 heterocycles. The van der Waals surface area contributed by atoms with Crippen LogP contribution in [0.15, 0.2) is 71.6 Å². The highest BCUT2D eigenvalue weighted by Gasteiger charge is 2.21. The summed E-state index contributed by atoms with van der Waals surface area (Å²) < 4.78 is 4.51. The molecule has 0 saturated carbocycles. The molecule has 0 fully saturated rings. The molecular formula is C23H21ClN2OS. The second-order valence-corrected chi connectivity index (χ2v) is 8.86. The highest BCUT2D eigenvalue weighted by molar-refractivity contribution is 7.97. The lowest BCUT2D eigenvalue weighted by Crippen LogP contribution is -2.33. The van der Waals surface area contributed by atoms with Crippen LogP contribution in [0.2, 0.25) is 5.02 Å². The number of aromatic nitrogens is 1. The number of fused-ring (bicyclic) bond motifs is 4. The van der Waals surface area contributed by atoms with E-state index in [2.05, 4.69) is 69.5 Å². The molecule has 1 N–H and O–H groups in total. The van der Waals surface area contributed by atoms with Crippen LogP contribution in [0, 0.1) is 0 Å². The van der Waals surface area contributed by atoms with Gasteiger partial charge in [-0.25, -0.2) is 4.31 Å². The first-order chi connectivity index (χ1) is 13.7. The number of hydrogen-bond donors (Lipinski definition) is 1. The molecule has 0 aliphatic carbocycles. The Morgan fingerprint density at radius 1 is 0.929 bits per heavy atom. The molecular weight excluding hydrogens is 388 g/mol. The van der Waals surface area contributed by atoms with Crippen molar-refractivity contribution < 1.29 is 5.11 Å². The molecule has 0 spiro atoms. The zero-order valence-corrected chi connectivity index (χ0v) is 17.0. The number of aliphatic hydroxyl groups excluding tert-OH is 1. The number of β-amino-alcohol motifs (C(OH)–C–C–N with tert-alkyl or cyclic N) is 1. The standard InChI is InChI=1S/C23H21ClN2OS/c24-17-9-10-23-16(13-17)11-12-25(28-23)14-18(27)15-26-21-7-3-1-5-19(21)20-6-2-4-8-22(20)26/h1-10,13,18,27H,11-12,14-15H2. The van der Waals surface area contributed by atoms with Crippen molar-refractivity contribution in [2.24, 2.45) is 0 Å². The van der Waals surface area contributed by atoms with Crippen LogP contribution in [0.3, 0.4) is 0 Å². The van der Waals surface area contributed by atoms with Gasteiger partial charge >= 0.3 is 0 Å². The van der Waals surface area contributed by atoms with Crippen molar-refractivity contribution in [1.82, 2.24) is 8.87 Å². The molecule has 3 aromatic carbocycles. The number of rotatable bonds is 4. The summed E-state index contributed by atoms with van der Waals surface area (Å²) in [5.41, 5.74) is 3.65. The van der Waals surface area contributed by atoms with Crippen LogP contribution in [-0.2, 0) is 13.0 Å². The Hall–Kier alpha value is -1.98. The summed E-state index contributed by atoms with van der Waals surface area (Å²) in [6, 6.07) is 22.9. The van der Waals surface area contributed by atoms with Crippen LogP contribution >= 0.6 is 23.5 Å². The third-order valence-electron chi connectivity index (χ3n) is 5.37. The molecule has 3 nitrogen and oxygen atoms in total. The van der Waals surface area contributed by atoms with Crippen molar-refractivity contribution in [3.8, 4) is 0 Å². The average molecular weight is 409 g/mol. The maximum atomic E-state index is 10.9. The van der Waals surface area contributed by atoms with E-state index in [1.807, 2.05) is 6.07 Å².